The molecule has 0 aromatic heterocycles. The van der Waals surface area contributed by atoms with Gasteiger partial charge in [-0.25, -0.2) is 14.5 Å². The van der Waals surface area contributed by atoms with Crippen LogP contribution in [0.2, 0.25) is 0 Å². The van der Waals surface area contributed by atoms with Crippen molar-refractivity contribution >= 4 is 18.0 Å². The molecule has 22 heavy (non-hydrogen) atoms. The maximum absolute atomic E-state index is 13.0. The number of rotatable bonds is 1. The van der Waals surface area contributed by atoms with Gasteiger partial charge in [0.05, 0.1) is 0 Å². The number of hydrogen-bond donors (Lipinski definition) is 0. The predicted octanol–water partition coefficient (Wildman–Crippen LogP) is 2.89. The summed E-state index contributed by atoms with van der Waals surface area (Å²) in [4.78, 5) is 38.5. The highest BCUT2D eigenvalue weighted by molar-refractivity contribution is 6.02. The molecule has 1 rings (SSSR count). The largest absolute Gasteiger partial charge is 0.458 e. The van der Waals surface area contributed by atoms with Crippen molar-refractivity contribution in [3.63, 3.8) is 0 Å². The topological polar surface area (TPSA) is 72.9 Å². The van der Waals surface area contributed by atoms with E-state index >= 15 is 0 Å². The molecule has 1 aliphatic rings. The van der Waals surface area contributed by atoms with Crippen molar-refractivity contribution in [2.45, 2.75) is 78.9 Å². The Kier molecular flexibility index (Phi) is 2.78. The third-order valence-electron chi connectivity index (χ3n) is 2.66. The molecule has 1 heterocycles. The molecule has 0 aromatic carbocycles. The molecule has 1 aliphatic heterocycles. The van der Waals surface area contributed by atoms with E-state index in [0.717, 1.165) is 0 Å². The third-order valence-corrected chi connectivity index (χ3v) is 2.66. The minimum absolute atomic E-state index is 0.276. The van der Waals surface area contributed by atoms with Crippen molar-refractivity contribution in [1.29, 1.82) is 0 Å². The first-order valence-corrected chi connectivity index (χ1v) is 6.93. The first kappa shape index (κ1) is 11.0. The molecule has 0 radical (unpaired) electrons. The van der Waals surface area contributed by atoms with E-state index < -0.39 is 60.8 Å². The molecule has 1 unspecified atom stereocenters. The zero-order valence-electron chi connectivity index (χ0n) is 19.8. The van der Waals surface area contributed by atoms with Gasteiger partial charge in [0.1, 0.15) is 17.2 Å². The first-order valence-electron chi connectivity index (χ1n) is 9.93. The molecule has 0 aromatic rings. The summed E-state index contributed by atoms with van der Waals surface area (Å²) in [5.74, 6) is -2.58. The zero-order valence-corrected chi connectivity index (χ0v) is 13.8. The maximum atomic E-state index is 13.0. The molecule has 6 nitrogen and oxygen atoms in total. The van der Waals surface area contributed by atoms with Crippen LogP contribution in [0, 0.1) is 5.41 Å². The van der Waals surface area contributed by atoms with Crippen molar-refractivity contribution in [1.82, 2.24) is 4.90 Å². The summed E-state index contributed by atoms with van der Waals surface area (Å²) in [5, 5.41) is 0. The normalized spacial score (nSPS) is 26.9. The number of amides is 2. The highest BCUT2D eigenvalue weighted by Gasteiger charge is 2.53. The van der Waals surface area contributed by atoms with Crippen LogP contribution >= 0.6 is 0 Å². The maximum Gasteiger partial charge on any atom is 0.417 e. The Morgan fingerprint density at radius 1 is 1.14 bits per heavy atom. The second-order valence-corrected chi connectivity index (χ2v) is 7.31. The van der Waals surface area contributed by atoms with Gasteiger partial charge in [-0.1, -0.05) is 13.7 Å². The lowest BCUT2D eigenvalue weighted by molar-refractivity contribution is -0.161. The van der Waals surface area contributed by atoms with Gasteiger partial charge >= 0.3 is 12.1 Å². The van der Waals surface area contributed by atoms with E-state index in [4.69, 9.17) is 17.7 Å². The Balaban J connectivity index is 3.56. The van der Waals surface area contributed by atoms with E-state index in [2.05, 4.69) is 0 Å². The molecule has 0 spiro atoms. The van der Waals surface area contributed by atoms with Gasteiger partial charge in [0.2, 0.25) is 5.91 Å². The highest BCUT2D eigenvalue weighted by atomic mass is 16.6. The smallest absolute Gasteiger partial charge is 0.417 e. The summed E-state index contributed by atoms with van der Waals surface area (Å²) in [7, 11) is 0. The summed E-state index contributed by atoms with van der Waals surface area (Å²) >= 11 is 0. The van der Waals surface area contributed by atoms with E-state index in [9.17, 15) is 14.4 Å². The summed E-state index contributed by atoms with van der Waals surface area (Å²) < 4.78 is 56.5. The summed E-state index contributed by atoms with van der Waals surface area (Å²) in [6, 6.07) is -1.73. The number of imide groups is 1. The second-order valence-electron chi connectivity index (χ2n) is 7.31. The van der Waals surface area contributed by atoms with E-state index in [-0.39, 0.29) is 4.90 Å². The molecule has 126 valence electrons. The third kappa shape index (κ3) is 4.45. The van der Waals surface area contributed by atoms with Crippen LogP contribution in [0.25, 0.3) is 0 Å². The van der Waals surface area contributed by atoms with Crippen molar-refractivity contribution in [3.05, 3.63) is 0 Å². The van der Waals surface area contributed by atoms with E-state index in [1.165, 1.54) is 20.8 Å². The lowest BCUT2D eigenvalue weighted by atomic mass is 9.90. The number of likely N-dealkylation sites (tertiary alicyclic amines) is 1. The van der Waals surface area contributed by atoms with E-state index in [1.54, 1.807) is 20.8 Å². The molecular weight excluding hydrogens is 286 g/mol. The summed E-state index contributed by atoms with van der Waals surface area (Å²) in [5.41, 5.74) is -5.01. The average molecular weight is 319 g/mol. The van der Waals surface area contributed by atoms with Gasteiger partial charge in [-0.15, -0.1) is 0 Å². The van der Waals surface area contributed by atoms with Gasteiger partial charge in [-0.3, -0.25) is 4.79 Å². The molecule has 1 fully saturated rings. The first-order chi connectivity index (χ1) is 12.1. The van der Waals surface area contributed by atoms with E-state index in [1.807, 2.05) is 0 Å². The van der Waals surface area contributed by atoms with Gasteiger partial charge in [0.15, 0.2) is 0 Å². The fraction of sp³-hybridized carbons (Fsp3) is 0.812. The van der Waals surface area contributed by atoms with E-state index in [0.29, 0.717) is 0 Å². The average Bonchev–Trinajstić information content (AvgIpc) is 2.68. The number of carbonyl (C=O) groups excluding carboxylic acids is 3. The second kappa shape index (κ2) is 5.56. The van der Waals surface area contributed by atoms with Gasteiger partial charge in [-0.2, -0.15) is 0 Å². The van der Waals surface area contributed by atoms with Crippen LogP contribution < -0.4 is 0 Å². The number of hydrogen-bond acceptors (Lipinski definition) is 5. The number of carbonyl (C=O) groups is 3. The van der Waals surface area contributed by atoms with Crippen molar-refractivity contribution in [3.8, 4) is 0 Å². The predicted molar refractivity (Wildman–Crippen MR) is 81.1 cm³/mol. The molecule has 1 saturated heterocycles. The molecule has 0 N–H and O–H groups in total. The van der Waals surface area contributed by atoms with Crippen LogP contribution in [0.15, 0.2) is 0 Å². The molecule has 0 aliphatic carbocycles. The molecule has 0 saturated carbocycles. The van der Waals surface area contributed by atoms with Gasteiger partial charge in [0, 0.05) is 13.6 Å². The molecule has 1 atom stereocenters. The monoisotopic (exact) mass is 319 g/mol. The van der Waals surface area contributed by atoms with Crippen LogP contribution in [0.4, 0.5) is 4.79 Å². The van der Waals surface area contributed by atoms with Crippen molar-refractivity contribution in [2.24, 2.45) is 5.41 Å². The Bertz CT molecular complexity index is 642. The van der Waals surface area contributed by atoms with Gasteiger partial charge in [0.25, 0.3) is 0 Å². The lowest BCUT2D eigenvalue weighted by Gasteiger charge is -2.28. The van der Waals surface area contributed by atoms with Crippen LogP contribution in [0.5, 0.6) is 0 Å². The SMILES string of the molecule is [2H]C([2H])([2H])C1(C([2H])([2H])[2H])CC(C(=O)OC(C)(C)C)N(C(=O)OC(C)(C)C)C1=O. The summed E-state index contributed by atoms with van der Waals surface area (Å²) in [6.07, 6.45) is -2.23. The Labute approximate surface area is 140 Å². The zero-order chi connectivity index (χ0) is 22.5. The fourth-order valence-corrected chi connectivity index (χ4v) is 1.90. The molecule has 0 bridgehead atoms. The quantitative estimate of drug-likeness (QED) is 0.695. The van der Waals surface area contributed by atoms with Crippen LogP contribution in [0.1, 0.15) is 69.9 Å². The Hall–Kier alpha value is -1.59. The number of nitrogens with zero attached hydrogens (tertiary/aromatic N) is 1. The molecule has 6 heteroatoms. The molecule has 2 amide bonds. The number of ether oxygens (including phenoxy) is 2. The summed E-state index contributed by atoms with van der Waals surface area (Å²) in [6.45, 7) is 2.55. The lowest BCUT2D eigenvalue weighted by Crippen LogP contribution is -2.47. The minimum atomic E-state index is -3.30. The fourth-order valence-electron chi connectivity index (χ4n) is 1.90. The molecular formula is C16H27NO5. The van der Waals surface area contributed by atoms with Crippen molar-refractivity contribution < 1.29 is 32.1 Å². The standard InChI is InChI=1S/C16H27NO5/c1-14(2,3)21-11(18)10-9-16(7,8)12(19)17(10)13(20)22-15(4,5)6/h10H,9H2,1-8H3/i7D3,8D3. The van der Waals surface area contributed by atoms with Crippen molar-refractivity contribution in [2.75, 3.05) is 0 Å². The van der Waals surface area contributed by atoms with Crippen LogP contribution in [-0.2, 0) is 19.1 Å². The Morgan fingerprint density at radius 2 is 1.64 bits per heavy atom. The van der Waals surface area contributed by atoms with Gasteiger partial charge in [-0.05, 0) is 48.0 Å². The van der Waals surface area contributed by atoms with Gasteiger partial charge < -0.3 is 9.47 Å². The van der Waals surface area contributed by atoms with Crippen LogP contribution in [0.3, 0.4) is 0 Å². The Morgan fingerprint density at radius 3 is 2.05 bits per heavy atom. The number of esters is 1. The van der Waals surface area contributed by atoms with Crippen LogP contribution in [-0.4, -0.2) is 40.1 Å². The highest BCUT2D eigenvalue weighted by Crippen LogP contribution is 2.37. The minimum Gasteiger partial charge on any atom is -0.458 e.